The quantitative estimate of drug-likeness (QED) is 0.682. The molecule has 0 radical (unpaired) electrons. The normalized spacial score (nSPS) is 11.0. The molecule has 0 saturated heterocycles. The minimum Gasteiger partial charge on any atom is -0.399 e. The van der Waals surface area contributed by atoms with Gasteiger partial charge in [-0.25, -0.2) is 9.37 Å². The molecular weight excluding hydrogens is 253 g/mol. The molecule has 3 aromatic rings. The summed E-state index contributed by atoms with van der Waals surface area (Å²) in [7, 11) is 0. The van der Waals surface area contributed by atoms with E-state index in [9.17, 15) is 4.39 Å². The summed E-state index contributed by atoms with van der Waals surface area (Å²) in [5.41, 5.74) is 8.46. The summed E-state index contributed by atoms with van der Waals surface area (Å²) >= 11 is 6.08. The lowest BCUT2D eigenvalue weighted by atomic mass is 10.2. The highest BCUT2D eigenvalue weighted by molar-refractivity contribution is 6.32. The maximum Gasteiger partial charge on any atom is 0.125 e. The van der Waals surface area contributed by atoms with Crippen LogP contribution in [0.5, 0.6) is 0 Å². The fraction of sp³-hybridized carbons (Fsp3) is 0. The summed E-state index contributed by atoms with van der Waals surface area (Å²) in [6, 6.07) is 9.59. The molecule has 0 bridgehead atoms. The van der Waals surface area contributed by atoms with Gasteiger partial charge in [-0.05, 0) is 36.4 Å². The lowest BCUT2D eigenvalue weighted by Crippen LogP contribution is -1.94. The number of benzene rings is 2. The maximum absolute atomic E-state index is 13.3. The molecule has 0 aliphatic rings. The molecule has 0 amide bonds. The summed E-state index contributed by atoms with van der Waals surface area (Å²) in [5, 5.41) is 0.465. The maximum atomic E-state index is 13.3. The number of hydrogen-bond acceptors (Lipinski definition) is 2. The van der Waals surface area contributed by atoms with Gasteiger partial charge in [-0.3, -0.25) is 4.57 Å². The van der Waals surface area contributed by atoms with Crippen LogP contribution in [-0.2, 0) is 0 Å². The zero-order valence-corrected chi connectivity index (χ0v) is 10.0. The van der Waals surface area contributed by atoms with Crippen molar-refractivity contribution in [2.45, 2.75) is 0 Å². The van der Waals surface area contributed by atoms with E-state index in [0.717, 1.165) is 11.0 Å². The molecule has 0 aliphatic heterocycles. The molecule has 1 heterocycles. The Morgan fingerprint density at radius 2 is 2.00 bits per heavy atom. The van der Waals surface area contributed by atoms with Crippen molar-refractivity contribution in [2.75, 3.05) is 5.73 Å². The third-order valence-electron chi connectivity index (χ3n) is 2.74. The van der Waals surface area contributed by atoms with Gasteiger partial charge < -0.3 is 5.73 Å². The fourth-order valence-electron chi connectivity index (χ4n) is 1.89. The summed E-state index contributed by atoms with van der Waals surface area (Å²) < 4.78 is 15.0. The average Bonchev–Trinajstić information content (AvgIpc) is 2.75. The van der Waals surface area contributed by atoms with Crippen molar-refractivity contribution in [3.05, 3.63) is 53.6 Å². The number of nitrogens with two attached hydrogens (primary N) is 1. The molecule has 3 rings (SSSR count). The van der Waals surface area contributed by atoms with Crippen molar-refractivity contribution in [2.24, 2.45) is 0 Å². The molecule has 0 fully saturated rings. The van der Waals surface area contributed by atoms with E-state index in [0.29, 0.717) is 16.4 Å². The largest absolute Gasteiger partial charge is 0.399 e. The molecule has 3 nitrogen and oxygen atoms in total. The molecule has 0 aliphatic carbocycles. The predicted molar refractivity (Wildman–Crippen MR) is 70.5 cm³/mol. The molecule has 1 aromatic heterocycles. The van der Waals surface area contributed by atoms with Crippen LogP contribution in [0.1, 0.15) is 0 Å². The Bertz CT molecular complexity index is 736. The molecule has 2 aromatic carbocycles. The monoisotopic (exact) mass is 261 g/mol. The molecule has 0 atom stereocenters. The first-order chi connectivity index (χ1) is 8.65. The van der Waals surface area contributed by atoms with Crippen LogP contribution in [0.25, 0.3) is 16.7 Å². The van der Waals surface area contributed by atoms with E-state index in [1.807, 2.05) is 6.07 Å². The van der Waals surface area contributed by atoms with E-state index in [1.165, 1.54) is 18.2 Å². The topological polar surface area (TPSA) is 43.8 Å². The minimum absolute atomic E-state index is 0.341. The van der Waals surface area contributed by atoms with Gasteiger partial charge in [0.15, 0.2) is 0 Å². The van der Waals surface area contributed by atoms with E-state index in [4.69, 9.17) is 17.3 Å². The van der Waals surface area contributed by atoms with Gasteiger partial charge in [0.2, 0.25) is 0 Å². The highest BCUT2D eigenvalue weighted by atomic mass is 35.5. The smallest absolute Gasteiger partial charge is 0.125 e. The van der Waals surface area contributed by atoms with Gasteiger partial charge in [-0.1, -0.05) is 11.6 Å². The average molecular weight is 262 g/mol. The number of imidazole rings is 1. The summed E-state index contributed by atoms with van der Waals surface area (Å²) in [6.07, 6.45) is 1.60. The van der Waals surface area contributed by atoms with Crippen molar-refractivity contribution in [1.29, 1.82) is 0 Å². The second kappa shape index (κ2) is 3.99. The Balaban J connectivity index is 2.28. The van der Waals surface area contributed by atoms with Gasteiger partial charge in [0.1, 0.15) is 12.1 Å². The lowest BCUT2D eigenvalue weighted by Gasteiger charge is -2.06. The Morgan fingerprint density at radius 1 is 1.17 bits per heavy atom. The van der Waals surface area contributed by atoms with E-state index in [-0.39, 0.29) is 5.82 Å². The van der Waals surface area contributed by atoms with Gasteiger partial charge in [-0.2, -0.15) is 0 Å². The van der Waals surface area contributed by atoms with Gasteiger partial charge in [0.05, 0.1) is 21.7 Å². The molecule has 5 heteroatoms. The van der Waals surface area contributed by atoms with Crippen LogP contribution in [-0.4, -0.2) is 9.55 Å². The first-order valence-corrected chi connectivity index (χ1v) is 5.71. The standard InChI is InChI=1S/C13H9ClFN3/c14-10-3-1-8(15)5-13(10)18-7-17-11-6-9(16)2-4-12(11)18/h1-7H,16H2. The first-order valence-electron chi connectivity index (χ1n) is 5.33. The van der Waals surface area contributed by atoms with Crippen LogP contribution in [0.2, 0.25) is 5.02 Å². The predicted octanol–water partition coefficient (Wildman–Crippen LogP) is 3.40. The highest BCUT2D eigenvalue weighted by Gasteiger charge is 2.09. The number of nitrogens with zero attached hydrogens (tertiary/aromatic N) is 2. The summed E-state index contributed by atoms with van der Waals surface area (Å²) in [6.45, 7) is 0. The molecule has 2 N–H and O–H groups in total. The minimum atomic E-state index is -0.341. The van der Waals surface area contributed by atoms with Gasteiger partial charge >= 0.3 is 0 Å². The van der Waals surface area contributed by atoms with E-state index < -0.39 is 0 Å². The first kappa shape index (κ1) is 11.0. The van der Waals surface area contributed by atoms with Crippen LogP contribution in [0, 0.1) is 5.82 Å². The van der Waals surface area contributed by atoms with Crippen LogP contribution < -0.4 is 5.73 Å². The van der Waals surface area contributed by atoms with Gasteiger partial charge in [0.25, 0.3) is 0 Å². The van der Waals surface area contributed by atoms with Crippen LogP contribution in [0.4, 0.5) is 10.1 Å². The molecule has 18 heavy (non-hydrogen) atoms. The van der Waals surface area contributed by atoms with E-state index in [2.05, 4.69) is 4.98 Å². The highest BCUT2D eigenvalue weighted by Crippen LogP contribution is 2.26. The van der Waals surface area contributed by atoms with Crippen molar-refractivity contribution in [3.63, 3.8) is 0 Å². The molecule has 0 unspecified atom stereocenters. The SMILES string of the molecule is Nc1ccc2c(c1)ncn2-c1cc(F)ccc1Cl. The lowest BCUT2D eigenvalue weighted by molar-refractivity contribution is 0.627. The third-order valence-corrected chi connectivity index (χ3v) is 3.06. The Labute approximate surface area is 108 Å². The zero-order chi connectivity index (χ0) is 12.7. The second-order valence-electron chi connectivity index (χ2n) is 3.96. The number of aromatic nitrogens is 2. The fourth-order valence-corrected chi connectivity index (χ4v) is 2.10. The molecule has 0 saturated carbocycles. The van der Waals surface area contributed by atoms with Gasteiger partial charge in [0, 0.05) is 5.69 Å². The third kappa shape index (κ3) is 1.71. The van der Waals surface area contributed by atoms with Crippen molar-refractivity contribution in [3.8, 4) is 5.69 Å². The molecular formula is C13H9ClFN3. The van der Waals surface area contributed by atoms with Crippen LogP contribution >= 0.6 is 11.6 Å². The number of rotatable bonds is 1. The van der Waals surface area contributed by atoms with Crippen molar-refractivity contribution in [1.82, 2.24) is 9.55 Å². The van der Waals surface area contributed by atoms with E-state index in [1.54, 1.807) is 23.0 Å². The zero-order valence-electron chi connectivity index (χ0n) is 9.27. The Hall–Kier alpha value is -2.07. The van der Waals surface area contributed by atoms with Crippen molar-refractivity contribution >= 4 is 28.3 Å². The summed E-state index contributed by atoms with van der Waals surface area (Å²) in [5.74, 6) is -0.341. The Morgan fingerprint density at radius 3 is 2.83 bits per heavy atom. The van der Waals surface area contributed by atoms with Crippen molar-refractivity contribution < 1.29 is 4.39 Å². The number of halogens is 2. The molecule has 90 valence electrons. The van der Waals surface area contributed by atoms with Crippen LogP contribution in [0.3, 0.4) is 0 Å². The van der Waals surface area contributed by atoms with Crippen LogP contribution in [0.15, 0.2) is 42.7 Å². The molecule has 0 spiro atoms. The number of hydrogen-bond donors (Lipinski definition) is 1. The second-order valence-corrected chi connectivity index (χ2v) is 4.37. The number of fused-ring (bicyclic) bond motifs is 1. The van der Waals surface area contributed by atoms with Gasteiger partial charge in [-0.15, -0.1) is 0 Å². The number of nitrogen functional groups attached to an aromatic ring is 1. The van der Waals surface area contributed by atoms with E-state index >= 15 is 0 Å². The number of anilines is 1. The Kier molecular flexibility index (Phi) is 2.45. The summed E-state index contributed by atoms with van der Waals surface area (Å²) in [4.78, 5) is 4.23.